The molecule has 8 nitrogen and oxygen atoms in total. The highest BCUT2D eigenvalue weighted by Crippen LogP contribution is 2.38. The molecule has 2 aliphatic heterocycles. The monoisotopic (exact) mass is 491 g/mol. The first-order valence-corrected chi connectivity index (χ1v) is 13.4. The summed E-state index contributed by atoms with van der Waals surface area (Å²) in [4.78, 5) is 24.6. The second-order valence-electron chi connectivity index (χ2n) is 9.19. The molecule has 2 N–H and O–H groups in total. The summed E-state index contributed by atoms with van der Waals surface area (Å²) in [5, 5.41) is 6.81. The average Bonchev–Trinajstić information content (AvgIpc) is 3.02. The third-order valence-electron chi connectivity index (χ3n) is 6.18. The number of amides is 2. The first kappa shape index (κ1) is 23.8. The highest BCUT2D eigenvalue weighted by Gasteiger charge is 2.41. The van der Waals surface area contributed by atoms with Crippen molar-refractivity contribution in [2.45, 2.75) is 56.3 Å². The molecule has 0 saturated carbocycles. The van der Waals surface area contributed by atoms with E-state index in [1.807, 2.05) is 20.0 Å². The van der Waals surface area contributed by atoms with Crippen molar-refractivity contribution in [2.75, 3.05) is 24.8 Å². The number of urea groups is 1. The van der Waals surface area contributed by atoms with Crippen LogP contribution < -0.4 is 10.6 Å². The Labute approximate surface area is 200 Å². The van der Waals surface area contributed by atoms with Crippen molar-refractivity contribution in [3.63, 3.8) is 0 Å². The van der Waals surface area contributed by atoms with E-state index in [2.05, 4.69) is 21.5 Å². The second-order valence-corrected chi connectivity index (χ2v) is 12.1. The van der Waals surface area contributed by atoms with Gasteiger partial charge in [0.15, 0.2) is 0 Å². The number of halogens is 1. The molecule has 10 heteroatoms. The SMILES string of the molecule is C=S(C)(=O)c1cc(Cl)cc(CNC(=O)N2Cc3nc(NC4CCOCC4)ncc3C2(C)C)c1. The molecule has 2 aromatic rings. The van der Waals surface area contributed by atoms with Crippen molar-refractivity contribution < 1.29 is 13.7 Å². The van der Waals surface area contributed by atoms with Crippen LogP contribution in [0.25, 0.3) is 0 Å². The Morgan fingerprint density at radius 2 is 2.06 bits per heavy atom. The van der Waals surface area contributed by atoms with E-state index in [4.69, 9.17) is 21.3 Å². The lowest BCUT2D eigenvalue weighted by Gasteiger charge is -2.32. The Bertz CT molecular complexity index is 1160. The van der Waals surface area contributed by atoms with Gasteiger partial charge in [0.1, 0.15) is 0 Å². The van der Waals surface area contributed by atoms with Gasteiger partial charge in [-0.25, -0.2) is 14.8 Å². The zero-order valence-corrected chi connectivity index (χ0v) is 20.8. The molecule has 2 aliphatic rings. The summed E-state index contributed by atoms with van der Waals surface area (Å²) in [6.45, 7) is 6.10. The third-order valence-corrected chi connectivity index (χ3v) is 7.63. The molecule has 0 bridgehead atoms. The zero-order valence-electron chi connectivity index (χ0n) is 19.2. The lowest BCUT2D eigenvalue weighted by molar-refractivity contribution is 0.0903. The minimum absolute atomic E-state index is 0.217. The number of rotatable bonds is 5. The molecule has 1 fully saturated rings. The molecule has 0 aliphatic carbocycles. The molecule has 1 aromatic heterocycles. The Morgan fingerprint density at radius 3 is 2.76 bits per heavy atom. The molecule has 0 spiro atoms. The molecule has 1 atom stereocenters. The highest BCUT2D eigenvalue weighted by molar-refractivity contribution is 7.99. The van der Waals surface area contributed by atoms with Crippen LogP contribution in [0.15, 0.2) is 29.3 Å². The Balaban J connectivity index is 1.45. The minimum atomic E-state index is -2.41. The van der Waals surface area contributed by atoms with E-state index in [1.165, 1.54) is 0 Å². The van der Waals surface area contributed by atoms with Crippen LogP contribution in [0.1, 0.15) is 43.5 Å². The van der Waals surface area contributed by atoms with Crippen LogP contribution in [-0.2, 0) is 32.9 Å². The summed E-state index contributed by atoms with van der Waals surface area (Å²) >= 11 is 6.18. The lowest BCUT2D eigenvalue weighted by Crippen LogP contribution is -2.45. The van der Waals surface area contributed by atoms with E-state index >= 15 is 0 Å². The number of aromatic nitrogens is 2. The number of benzene rings is 1. The Hall–Kier alpha value is -2.36. The van der Waals surface area contributed by atoms with Crippen molar-refractivity contribution in [3.05, 3.63) is 46.2 Å². The van der Waals surface area contributed by atoms with Crippen LogP contribution in [-0.4, -0.2) is 56.5 Å². The van der Waals surface area contributed by atoms with E-state index in [0.29, 0.717) is 28.5 Å². The van der Waals surface area contributed by atoms with Crippen LogP contribution in [0.4, 0.5) is 10.7 Å². The standard InChI is InChI=1S/C23H30ClN5O3S/c1-23(2)19-13-25-21(27-17-5-7-32-8-6-17)28-20(19)14-29(23)22(30)26-12-15-9-16(24)11-18(10-15)33(3,4)31/h9-11,13,17H,3,5-8,12,14H2,1-2,4H3,(H,26,30)(H,25,27,28). The number of carbonyl (C=O) groups is 1. The van der Waals surface area contributed by atoms with Gasteiger partial charge < -0.3 is 20.3 Å². The molecule has 2 amide bonds. The number of hydrogen-bond donors (Lipinski definition) is 2. The number of carbonyl (C=O) groups excluding carboxylic acids is 1. The maximum Gasteiger partial charge on any atom is 0.318 e. The number of ether oxygens (including phenoxy) is 1. The molecule has 33 heavy (non-hydrogen) atoms. The molecule has 1 saturated heterocycles. The third kappa shape index (κ3) is 5.26. The van der Waals surface area contributed by atoms with Gasteiger partial charge in [-0.3, -0.25) is 4.21 Å². The first-order chi connectivity index (χ1) is 15.5. The first-order valence-electron chi connectivity index (χ1n) is 10.9. The highest BCUT2D eigenvalue weighted by atomic mass is 35.5. The Kier molecular flexibility index (Phi) is 6.57. The van der Waals surface area contributed by atoms with Gasteiger partial charge in [-0.05, 0) is 65.8 Å². The molecule has 3 heterocycles. The normalized spacial score (nSPS) is 19.6. The summed E-state index contributed by atoms with van der Waals surface area (Å²) in [5.74, 6) is 4.30. The van der Waals surface area contributed by atoms with E-state index < -0.39 is 15.1 Å². The van der Waals surface area contributed by atoms with Gasteiger partial charge in [-0.1, -0.05) is 11.6 Å². The van der Waals surface area contributed by atoms with Crippen LogP contribution in [0.2, 0.25) is 5.02 Å². The van der Waals surface area contributed by atoms with E-state index in [9.17, 15) is 9.00 Å². The average molecular weight is 492 g/mol. The number of hydrogen-bond acceptors (Lipinski definition) is 6. The summed E-state index contributed by atoms with van der Waals surface area (Å²) in [6.07, 6.45) is 5.23. The summed E-state index contributed by atoms with van der Waals surface area (Å²) in [6, 6.07) is 5.24. The van der Waals surface area contributed by atoms with Crippen LogP contribution in [0.5, 0.6) is 0 Å². The smallest absolute Gasteiger partial charge is 0.318 e. The minimum Gasteiger partial charge on any atom is -0.381 e. The van der Waals surface area contributed by atoms with E-state index in [0.717, 1.165) is 42.9 Å². The quantitative estimate of drug-likeness (QED) is 0.622. The van der Waals surface area contributed by atoms with Crippen molar-refractivity contribution in [1.82, 2.24) is 20.2 Å². The summed E-state index contributed by atoms with van der Waals surface area (Å²) in [7, 11) is -2.41. The van der Waals surface area contributed by atoms with Gasteiger partial charge in [-0.2, -0.15) is 0 Å². The van der Waals surface area contributed by atoms with Gasteiger partial charge in [0.05, 0.1) is 17.8 Å². The molecule has 4 rings (SSSR count). The largest absolute Gasteiger partial charge is 0.381 e. The topological polar surface area (TPSA) is 96.5 Å². The second kappa shape index (κ2) is 9.12. The van der Waals surface area contributed by atoms with Crippen molar-refractivity contribution in [3.8, 4) is 0 Å². The maximum absolute atomic E-state index is 13.1. The summed E-state index contributed by atoms with van der Waals surface area (Å²) < 4.78 is 17.7. The van der Waals surface area contributed by atoms with Gasteiger partial charge in [0.25, 0.3) is 0 Å². The predicted molar refractivity (Wildman–Crippen MR) is 131 cm³/mol. The number of fused-ring (bicyclic) bond motifs is 1. The van der Waals surface area contributed by atoms with Crippen molar-refractivity contribution >= 4 is 39.0 Å². The maximum atomic E-state index is 13.1. The van der Waals surface area contributed by atoms with Crippen LogP contribution in [0, 0.1) is 0 Å². The molecule has 0 radical (unpaired) electrons. The van der Waals surface area contributed by atoms with Gasteiger partial charge in [0.2, 0.25) is 5.95 Å². The number of anilines is 1. The van der Waals surface area contributed by atoms with Gasteiger partial charge >= 0.3 is 6.03 Å². The fraction of sp³-hybridized carbons (Fsp3) is 0.478. The molecule has 1 unspecified atom stereocenters. The fourth-order valence-corrected chi connectivity index (χ4v) is 5.31. The molecular formula is C23H30ClN5O3S. The van der Waals surface area contributed by atoms with Crippen LogP contribution in [0.3, 0.4) is 0 Å². The zero-order chi connectivity index (χ0) is 23.8. The molecular weight excluding hydrogens is 462 g/mol. The lowest BCUT2D eigenvalue weighted by atomic mass is 9.97. The van der Waals surface area contributed by atoms with Gasteiger partial charge in [0, 0.05) is 53.7 Å². The molecule has 1 aromatic carbocycles. The predicted octanol–water partition coefficient (Wildman–Crippen LogP) is 3.39. The van der Waals surface area contributed by atoms with E-state index in [1.54, 1.807) is 29.4 Å². The Morgan fingerprint density at radius 1 is 1.33 bits per heavy atom. The molecule has 178 valence electrons. The van der Waals surface area contributed by atoms with Gasteiger partial charge in [-0.15, -0.1) is 0 Å². The fourth-order valence-electron chi connectivity index (χ4n) is 4.21. The number of nitrogens with zero attached hydrogens (tertiary/aromatic N) is 3. The van der Waals surface area contributed by atoms with Crippen LogP contribution >= 0.6 is 11.6 Å². The van der Waals surface area contributed by atoms with Crippen molar-refractivity contribution in [1.29, 1.82) is 0 Å². The summed E-state index contributed by atoms with van der Waals surface area (Å²) in [5.41, 5.74) is 1.98. The van der Waals surface area contributed by atoms with E-state index in [-0.39, 0.29) is 12.6 Å². The van der Waals surface area contributed by atoms with Crippen molar-refractivity contribution in [2.24, 2.45) is 0 Å². The number of nitrogens with one attached hydrogen (secondary N) is 2.